The first-order valence-corrected chi connectivity index (χ1v) is 10.3. The lowest BCUT2D eigenvalue weighted by Crippen LogP contribution is -2.07. The van der Waals surface area contributed by atoms with Crippen molar-refractivity contribution in [3.63, 3.8) is 0 Å². The molecule has 0 radical (unpaired) electrons. The molecule has 0 unspecified atom stereocenters. The molecule has 1 aliphatic heterocycles. The van der Waals surface area contributed by atoms with Gasteiger partial charge in [-0.3, -0.25) is 0 Å². The molecule has 1 aromatic heterocycles. The van der Waals surface area contributed by atoms with Gasteiger partial charge in [-0.15, -0.1) is 10.2 Å². The second-order valence-electron chi connectivity index (χ2n) is 6.48. The van der Waals surface area contributed by atoms with Gasteiger partial charge in [0, 0.05) is 12.2 Å². The summed E-state index contributed by atoms with van der Waals surface area (Å²) >= 11 is 1.59. The molecule has 1 aliphatic rings. The van der Waals surface area contributed by atoms with Crippen LogP contribution in [0, 0.1) is 17.8 Å². The summed E-state index contributed by atoms with van der Waals surface area (Å²) in [5.74, 6) is 3.53. The molecule has 0 spiro atoms. The Bertz CT molecular complexity index is 554. The van der Waals surface area contributed by atoms with Crippen LogP contribution in [-0.2, 0) is 16.3 Å². The quantitative estimate of drug-likeness (QED) is 0.715. The maximum absolute atomic E-state index is 11.4. The van der Waals surface area contributed by atoms with Gasteiger partial charge in [0.2, 0.25) is 5.89 Å². The summed E-state index contributed by atoms with van der Waals surface area (Å²) in [7, 11) is -2.84. The zero-order valence-electron chi connectivity index (χ0n) is 12.9. The van der Waals surface area contributed by atoms with E-state index in [0.717, 1.165) is 5.75 Å². The fraction of sp³-hybridized carbons (Fsp3) is 0.857. The van der Waals surface area contributed by atoms with Crippen LogP contribution >= 0.6 is 11.8 Å². The molecule has 0 aromatic carbocycles. The van der Waals surface area contributed by atoms with Crippen molar-refractivity contribution in [2.24, 2.45) is 17.8 Å². The van der Waals surface area contributed by atoms with Gasteiger partial charge in [-0.05, 0) is 30.6 Å². The van der Waals surface area contributed by atoms with Crippen molar-refractivity contribution in [3.05, 3.63) is 5.89 Å². The largest absolute Gasteiger partial charge is 0.416 e. The Labute approximate surface area is 131 Å². The van der Waals surface area contributed by atoms with Gasteiger partial charge in [0.25, 0.3) is 5.22 Å². The number of hydrogen-bond donors (Lipinski definition) is 0. The van der Waals surface area contributed by atoms with Gasteiger partial charge in [0.05, 0.1) is 11.5 Å². The van der Waals surface area contributed by atoms with Gasteiger partial charge in [0.15, 0.2) is 9.84 Å². The molecule has 7 heteroatoms. The van der Waals surface area contributed by atoms with E-state index in [0.29, 0.717) is 41.5 Å². The molecule has 120 valence electrons. The number of rotatable bonds is 7. The summed E-state index contributed by atoms with van der Waals surface area (Å²) < 4.78 is 28.5. The van der Waals surface area contributed by atoms with Crippen LogP contribution in [0.25, 0.3) is 0 Å². The highest BCUT2D eigenvalue weighted by Crippen LogP contribution is 2.25. The minimum absolute atomic E-state index is 0.133. The fourth-order valence-corrected chi connectivity index (χ4v) is 5.42. The summed E-state index contributed by atoms with van der Waals surface area (Å²) in [6.07, 6.45) is 2.47. The normalized spacial score (nSPS) is 22.8. The van der Waals surface area contributed by atoms with E-state index < -0.39 is 9.84 Å². The van der Waals surface area contributed by atoms with Gasteiger partial charge in [-0.2, -0.15) is 0 Å². The van der Waals surface area contributed by atoms with Crippen LogP contribution in [0.2, 0.25) is 0 Å². The van der Waals surface area contributed by atoms with E-state index in [-0.39, 0.29) is 11.7 Å². The van der Waals surface area contributed by atoms with Crippen molar-refractivity contribution >= 4 is 21.6 Å². The predicted octanol–water partition coefficient (Wildman–Crippen LogP) is 2.82. The first kappa shape index (κ1) is 16.8. The summed E-state index contributed by atoms with van der Waals surface area (Å²) in [4.78, 5) is 0. The van der Waals surface area contributed by atoms with E-state index in [2.05, 4.69) is 31.0 Å². The number of hydrogen-bond acceptors (Lipinski definition) is 6. The molecule has 1 saturated heterocycles. The van der Waals surface area contributed by atoms with Crippen LogP contribution in [0.4, 0.5) is 0 Å². The Balaban J connectivity index is 1.79. The molecule has 0 amide bonds. The monoisotopic (exact) mass is 332 g/mol. The van der Waals surface area contributed by atoms with Crippen molar-refractivity contribution in [1.29, 1.82) is 0 Å². The maximum Gasteiger partial charge on any atom is 0.276 e. The third kappa shape index (κ3) is 5.62. The second kappa shape index (κ2) is 7.13. The molecule has 1 aromatic rings. The van der Waals surface area contributed by atoms with Crippen molar-refractivity contribution in [2.75, 3.05) is 17.3 Å². The van der Waals surface area contributed by atoms with Crippen molar-refractivity contribution in [3.8, 4) is 0 Å². The lowest BCUT2D eigenvalue weighted by molar-refractivity contribution is 0.388. The molecule has 2 atom stereocenters. The Hall–Kier alpha value is -0.560. The summed E-state index contributed by atoms with van der Waals surface area (Å²) in [5, 5.41) is 8.68. The topological polar surface area (TPSA) is 73.1 Å². The zero-order chi connectivity index (χ0) is 15.5. The summed E-state index contributed by atoms with van der Waals surface area (Å²) in [6.45, 7) is 6.68. The highest BCUT2D eigenvalue weighted by Gasteiger charge is 2.29. The van der Waals surface area contributed by atoms with Crippen LogP contribution in [0.1, 0.15) is 39.5 Å². The number of aromatic nitrogens is 2. The van der Waals surface area contributed by atoms with Crippen LogP contribution in [-0.4, -0.2) is 35.9 Å². The lowest BCUT2D eigenvalue weighted by Gasteiger charge is -2.11. The molecule has 2 rings (SSSR count). The minimum atomic E-state index is -2.84. The van der Waals surface area contributed by atoms with Crippen molar-refractivity contribution in [1.82, 2.24) is 10.2 Å². The predicted molar refractivity (Wildman–Crippen MR) is 84.1 cm³/mol. The molecule has 2 heterocycles. The molecule has 0 saturated carbocycles. The SMILES string of the molecule is CC(C)C[C@H](C)CSc1nnc(C[C@H]2CCS(=O)(=O)C2)o1. The van der Waals surface area contributed by atoms with Gasteiger partial charge >= 0.3 is 0 Å². The average Bonchev–Trinajstić information content (AvgIpc) is 2.93. The number of sulfone groups is 1. The van der Waals surface area contributed by atoms with Crippen LogP contribution in [0.15, 0.2) is 9.64 Å². The van der Waals surface area contributed by atoms with E-state index in [1.807, 2.05) is 0 Å². The van der Waals surface area contributed by atoms with Gasteiger partial charge in [0.1, 0.15) is 0 Å². The van der Waals surface area contributed by atoms with Gasteiger partial charge in [-0.25, -0.2) is 8.42 Å². The van der Waals surface area contributed by atoms with Gasteiger partial charge < -0.3 is 4.42 Å². The Kier molecular flexibility index (Phi) is 5.71. The minimum Gasteiger partial charge on any atom is -0.416 e. The molecule has 0 aliphatic carbocycles. The molecule has 1 fully saturated rings. The molecule has 0 bridgehead atoms. The average molecular weight is 332 g/mol. The molecule has 21 heavy (non-hydrogen) atoms. The van der Waals surface area contributed by atoms with Crippen LogP contribution < -0.4 is 0 Å². The fourth-order valence-electron chi connectivity index (χ4n) is 2.75. The van der Waals surface area contributed by atoms with E-state index in [1.165, 1.54) is 6.42 Å². The summed E-state index contributed by atoms with van der Waals surface area (Å²) in [5.41, 5.74) is 0. The van der Waals surface area contributed by atoms with E-state index in [1.54, 1.807) is 11.8 Å². The zero-order valence-corrected chi connectivity index (χ0v) is 14.5. The standard InChI is InChI=1S/C14H24N2O3S2/c1-10(2)6-11(3)8-20-14-16-15-13(19-14)7-12-4-5-21(17,18)9-12/h10-12H,4-9H2,1-3H3/t11-,12+/m0/s1. The highest BCUT2D eigenvalue weighted by atomic mass is 32.2. The number of thioether (sulfide) groups is 1. The highest BCUT2D eigenvalue weighted by molar-refractivity contribution is 7.99. The van der Waals surface area contributed by atoms with E-state index in [4.69, 9.17) is 4.42 Å². The van der Waals surface area contributed by atoms with E-state index >= 15 is 0 Å². The number of nitrogens with zero attached hydrogens (tertiary/aromatic N) is 2. The maximum atomic E-state index is 11.4. The third-order valence-electron chi connectivity index (χ3n) is 3.60. The first-order valence-electron chi connectivity index (χ1n) is 7.49. The molecule has 0 N–H and O–H groups in total. The lowest BCUT2D eigenvalue weighted by atomic mass is 10.0. The van der Waals surface area contributed by atoms with Crippen molar-refractivity contribution < 1.29 is 12.8 Å². The molecular weight excluding hydrogens is 308 g/mol. The summed E-state index contributed by atoms with van der Waals surface area (Å²) in [6, 6.07) is 0. The van der Waals surface area contributed by atoms with E-state index in [9.17, 15) is 8.42 Å². The van der Waals surface area contributed by atoms with Crippen molar-refractivity contribution in [2.45, 2.75) is 45.3 Å². The molecular formula is C14H24N2O3S2. The Morgan fingerprint density at radius 3 is 2.71 bits per heavy atom. The smallest absolute Gasteiger partial charge is 0.276 e. The Morgan fingerprint density at radius 1 is 1.33 bits per heavy atom. The first-order chi connectivity index (χ1) is 9.84. The van der Waals surface area contributed by atoms with Crippen LogP contribution in [0.5, 0.6) is 0 Å². The molecule has 5 nitrogen and oxygen atoms in total. The van der Waals surface area contributed by atoms with Crippen LogP contribution in [0.3, 0.4) is 0 Å². The second-order valence-corrected chi connectivity index (χ2v) is 9.68. The third-order valence-corrected chi connectivity index (χ3v) is 6.59. The van der Waals surface area contributed by atoms with Gasteiger partial charge in [-0.1, -0.05) is 32.5 Å². The Morgan fingerprint density at radius 2 is 2.10 bits per heavy atom.